The summed E-state index contributed by atoms with van der Waals surface area (Å²) in [6.07, 6.45) is 3.06. The Balaban J connectivity index is 1.50. The quantitative estimate of drug-likeness (QED) is 0.553. The third-order valence-electron chi connectivity index (χ3n) is 5.99. The highest BCUT2D eigenvalue weighted by atomic mass is 35.5. The number of benzene rings is 2. The number of aromatic nitrogens is 2. The molecule has 2 bridgehead atoms. The van der Waals surface area contributed by atoms with Crippen molar-refractivity contribution in [1.82, 2.24) is 15.1 Å². The molecule has 2 atom stereocenters. The number of fused-ring (bicyclic) bond motifs is 5. The van der Waals surface area contributed by atoms with E-state index in [1.165, 1.54) is 12.1 Å². The molecule has 2 aromatic carbocycles. The molecule has 1 amide bonds. The van der Waals surface area contributed by atoms with Crippen LogP contribution < -0.4 is 5.32 Å². The van der Waals surface area contributed by atoms with Gasteiger partial charge < -0.3 is 5.32 Å². The Kier molecular flexibility index (Phi) is 4.79. The van der Waals surface area contributed by atoms with Gasteiger partial charge in [0.1, 0.15) is 11.6 Å². The number of hydrogen-bond acceptors (Lipinski definition) is 2. The van der Waals surface area contributed by atoms with Crippen molar-refractivity contribution in [2.75, 3.05) is 0 Å². The summed E-state index contributed by atoms with van der Waals surface area (Å²) in [4.78, 5) is 13.0. The number of carbonyl (C=O) groups is 1. The second kappa shape index (κ2) is 7.36. The minimum absolute atomic E-state index is 0.0532. The molecule has 4 nitrogen and oxygen atoms in total. The van der Waals surface area contributed by atoms with Crippen molar-refractivity contribution >= 4 is 29.1 Å². The van der Waals surface area contributed by atoms with Crippen molar-refractivity contribution in [2.24, 2.45) is 0 Å². The molecule has 2 aliphatic carbocycles. The lowest BCUT2D eigenvalue weighted by atomic mass is 9.95. The minimum Gasteiger partial charge on any atom is -0.346 e. The zero-order valence-electron chi connectivity index (χ0n) is 15.8. The molecule has 2 aliphatic rings. The first-order valence-electron chi connectivity index (χ1n) is 9.72. The van der Waals surface area contributed by atoms with Crippen LogP contribution in [0, 0.1) is 11.6 Å². The van der Waals surface area contributed by atoms with E-state index < -0.39 is 11.6 Å². The van der Waals surface area contributed by atoms with E-state index in [-0.39, 0.29) is 23.9 Å². The van der Waals surface area contributed by atoms with Crippen LogP contribution in [0.3, 0.4) is 0 Å². The predicted molar refractivity (Wildman–Crippen MR) is 110 cm³/mol. The highest BCUT2D eigenvalue weighted by molar-refractivity contribution is 6.35. The van der Waals surface area contributed by atoms with Crippen molar-refractivity contribution in [3.63, 3.8) is 0 Å². The van der Waals surface area contributed by atoms with Crippen molar-refractivity contribution in [1.29, 1.82) is 0 Å². The monoisotopic (exact) mass is 447 g/mol. The zero-order chi connectivity index (χ0) is 21.0. The van der Waals surface area contributed by atoms with Gasteiger partial charge >= 0.3 is 0 Å². The molecule has 1 aromatic heterocycles. The van der Waals surface area contributed by atoms with Crippen molar-refractivity contribution in [2.45, 2.75) is 37.6 Å². The standard InChI is InChI=1S/C22H17Cl2F2N3O/c23-14-4-6-18(16(24)8-14)29-21-12-2-1-11(7-12)19(21)20(28-29)22(30)27-10-13-3-5-15(25)9-17(13)26/h3-6,8-9,11-12H,1-2,7,10H2,(H,27,30)/t11-,12-/m0/s1. The average Bonchev–Trinajstić information content (AvgIpc) is 3.40. The molecule has 0 spiro atoms. The van der Waals surface area contributed by atoms with Gasteiger partial charge in [-0.05, 0) is 49.4 Å². The maximum Gasteiger partial charge on any atom is 0.272 e. The first-order valence-corrected chi connectivity index (χ1v) is 10.5. The maximum absolute atomic E-state index is 13.9. The fraction of sp³-hybridized carbons (Fsp3) is 0.273. The Bertz CT molecular complexity index is 1180. The third-order valence-corrected chi connectivity index (χ3v) is 6.53. The molecule has 0 radical (unpaired) electrons. The van der Waals surface area contributed by atoms with E-state index in [2.05, 4.69) is 10.4 Å². The molecule has 1 N–H and O–H groups in total. The normalized spacial score (nSPS) is 19.2. The second-order valence-electron chi connectivity index (χ2n) is 7.78. The van der Waals surface area contributed by atoms with Crippen LogP contribution in [0.2, 0.25) is 10.0 Å². The predicted octanol–water partition coefficient (Wildman–Crippen LogP) is 5.75. The molecule has 0 unspecified atom stereocenters. The van der Waals surface area contributed by atoms with Crippen molar-refractivity contribution in [3.05, 3.63) is 80.6 Å². The van der Waals surface area contributed by atoms with Crippen LogP contribution in [-0.2, 0) is 6.54 Å². The van der Waals surface area contributed by atoms with Gasteiger partial charge in [-0.25, -0.2) is 13.5 Å². The van der Waals surface area contributed by atoms with Gasteiger partial charge in [0.25, 0.3) is 5.91 Å². The van der Waals surface area contributed by atoms with Crippen molar-refractivity contribution < 1.29 is 13.6 Å². The number of carbonyl (C=O) groups excluding carboxylic acids is 1. The lowest BCUT2D eigenvalue weighted by Crippen LogP contribution is -2.25. The number of hydrogen-bond donors (Lipinski definition) is 1. The van der Waals surface area contributed by atoms with Gasteiger partial charge in [0.05, 0.1) is 16.4 Å². The number of halogens is 4. The molecule has 1 saturated carbocycles. The smallest absolute Gasteiger partial charge is 0.272 e. The van der Waals surface area contributed by atoms with Crippen LogP contribution >= 0.6 is 23.2 Å². The molecular formula is C22H17Cl2F2N3O. The molecule has 0 saturated heterocycles. The first-order chi connectivity index (χ1) is 14.4. The lowest BCUT2D eigenvalue weighted by molar-refractivity contribution is 0.0944. The van der Waals surface area contributed by atoms with E-state index >= 15 is 0 Å². The van der Waals surface area contributed by atoms with Crippen LogP contribution in [0.1, 0.15) is 58.4 Å². The van der Waals surface area contributed by atoms with Gasteiger partial charge in [0, 0.05) is 34.7 Å². The number of nitrogens with one attached hydrogen (secondary N) is 1. The number of rotatable bonds is 4. The van der Waals surface area contributed by atoms with E-state index in [0.29, 0.717) is 27.3 Å². The Morgan fingerprint density at radius 2 is 1.93 bits per heavy atom. The van der Waals surface area contributed by atoms with Gasteiger partial charge in [-0.15, -0.1) is 0 Å². The Morgan fingerprint density at radius 1 is 1.13 bits per heavy atom. The summed E-state index contributed by atoms with van der Waals surface area (Å²) in [5.74, 6) is -1.12. The van der Waals surface area contributed by atoms with Gasteiger partial charge in [-0.2, -0.15) is 5.10 Å². The summed E-state index contributed by atoms with van der Waals surface area (Å²) in [6.45, 7) is -0.0532. The third kappa shape index (κ3) is 3.19. The van der Waals surface area contributed by atoms with E-state index in [1.54, 1.807) is 22.9 Å². The molecule has 1 heterocycles. The fourth-order valence-electron chi connectivity index (χ4n) is 4.66. The highest BCUT2D eigenvalue weighted by Gasteiger charge is 2.44. The Labute approximate surface area is 181 Å². The summed E-state index contributed by atoms with van der Waals surface area (Å²) in [7, 11) is 0. The highest BCUT2D eigenvalue weighted by Crippen LogP contribution is 2.54. The van der Waals surface area contributed by atoms with Gasteiger partial charge in [-0.3, -0.25) is 4.79 Å². The zero-order valence-corrected chi connectivity index (χ0v) is 17.3. The molecule has 1 fully saturated rings. The first kappa shape index (κ1) is 19.5. The van der Waals surface area contributed by atoms with Crippen LogP contribution in [0.5, 0.6) is 0 Å². The van der Waals surface area contributed by atoms with Crippen LogP contribution in [0.15, 0.2) is 36.4 Å². The molecule has 3 aromatic rings. The molecular weight excluding hydrogens is 431 g/mol. The molecule has 30 heavy (non-hydrogen) atoms. The summed E-state index contributed by atoms with van der Waals surface area (Å²) in [5.41, 5.74) is 3.20. The van der Waals surface area contributed by atoms with Gasteiger partial charge in [-0.1, -0.05) is 29.3 Å². The van der Waals surface area contributed by atoms with Crippen LogP contribution in [0.25, 0.3) is 5.69 Å². The molecule has 8 heteroatoms. The SMILES string of the molecule is O=C(NCc1ccc(F)cc1F)c1nn(-c2ccc(Cl)cc2Cl)c2c1[C@H]1CC[C@H]2C1. The van der Waals surface area contributed by atoms with Crippen molar-refractivity contribution in [3.8, 4) is 5.69 Å². The second-order valence-corrected chi connectivity index (χ2v) is 8.62. The summed E-state index contributed by atoms with van der Waals surface area (Å²) >= 11 is 12.4. The summed E-state index contributed by atoms with van der Waals surface area (Å²) < 4.78 is 28.8. The van der Waals surface area contributed by atoms with E-state index in [4.69, 9.17) is 23.2 Å². The summed E-state index contributed by atoms with van der Waals surface area (Å²) in [6, 6.07) is 8.47. The Hall–Kier alpha value is -2.44. The topological polar surface area (TPSA) is 46.9 Å². The molecule has 154 valence electrons. The van der Waals surface area contributed by atoms with E-state index in [1.807, 2.05) is 0 Å². The van der Waals surface area contributed by atoms with Crippen LogP contribution in [0.4, 0.5) is 8.78 Å². The van der Waals surface area contributed by atoms with Crippen LogP contribution in [-0.4, -0.2) is 15.7 Å². The molecule has 5 rings (SSSR count). The lowest BCUT2D eigenvalue weighted by Gasteiger charge is -2.15. The molecule has 0 aliphatic heterocycles. The average molecular weight is 448 g/mol. The van der Waals surface area contributed by atoms with Gasteiger partial charge in [0.15, 0.2) is 5.69 Å². The van der Waals surface area contributed by atoms with E-state index in [0.717, 1.165) is 36.6 Å². The summed E-state index contributed by atoms with van der Waals surface area (Å²) in [5, 5.41) is 8.30. The van der Waals surface area contributed by atoms with E-state index in [9.17, 15) is 13.6 Å². The fourth-order valence-corrected chi connectivity index (χ4v) is 5.15. The minimum atomic E-state index is -0.696. The number of nitrogens with zero attached hydrogens (tertiary/aromatic N) is 2. The van der Waals surface area contributed by atoms with Gasteiger partial charge in [0.2, 0.25) is 0 Å². The largest absolute Gasteiger partial charge is 0.346 e. The maximum atomic E-state index is 13.9. The number of amides is 1. The Morgan fingerprint density at radius 3 is 2.70 bits per heavy atom.